The fourth-order valence-electron chi connectivity index (χ4n) is 1.79. The van der Waals surface area contributed by atoms with Crippen molar-refractivity contribution in [2.24, 2.45) is 0 Å². The molecule has 2 N–H and O–H groups in total. The predicted octanol–water partition coefficient (Wildman–Crippen LogP) is 2.41. The van der Waals surface area contributed by atoms with Crippen LogP contribution in [0.1, 0.15) is 10.4 Å². The first-order valence-electron chi connectivity index (χ1n) is 5.24. The number of hydrogen-bond donors (Lipinski definition) is 1. The molecule has 0 aliphatic heterocycles. The van der Waals surface area contributed by atoms with Crippen molar-refractivity contribution in [1.82, 2.24) is 5.16 Å². The Morgan fingerprint density at radius 2 is 2.00 bits per heavy atom. The second kappa shape index (κ2) is 5.19. The third-order valence-electron chi connectivity index (χ3n) is 2.64. The van der Waals surface area contributed by atoms with E-state index in [1.165, 1.54) is 20.4 Å². The molecule has 6 nitrogen and oxygen atoms in total. The molecule has 0 aliphatic carbocycles. The number of carbonyl (C=O) groups excluding carboxylic acids is 1. The van der Waals surface area contributed by atoms with Crippen molar-refractivity contribution in [3.8, 4) is 22.6 Å². The van der Waals surface area contributed by atoms with Crippen LogP contribution in [-0.2, 0) is 0 Å². The highest BCUT2D eigenvalue weighted by molar-refractivity contribution is 6.33. The number of nitrogens with two attached hydrogens (primary N) is 1. The molecule has 7 heteroatoms. The maximum atomic E-state index is 11.1. The van der Waals surface area contributed by atoms with E-state index in [4.69, 9.17) is 31.3 Å². The van der Waals surface area contributed by atoms with Crippen molar-refractivity contribution in [2.75, 3.05) is 20.0 Å². The molecule has 2 aromatic rings. The van der Waals surface area contributed by atoms with Crippen LogP contribution in [0.3, 0.4) is 0 Å². The molecule has 0 aliphatic rings. The summed E-state index contributed by atoms with van der Waals surface area (Å²) in [7, 11) is 2.87. The molecule has 19 heavy (non-hydrogen) atoms. The number of ether oxygens (including phenoxy) is 2. The van der Waals surface area contributed by atoms with Gasteiger partial charge in [0.15, 0.2) is 17.8 Å². The van der Waals surface area contributed by atoms with E-state index < -0.39 is 0 Å². The molecule has 0 radical (unpaired) electrons. The zero-order valence-corrected chi connectivity index (χ0v) is 11.0. The highest BCUT2D eigenvalue weighted by atomic mass is 35.5. The first-order chi connectivity index (χ1) is 9.13. The lowest BCUT2D eigenvalue weighted by Gasteiger charge is -2.15. The van der Waals surface area contributed by atoms with E-state index in [9.17, 15) is 4.79 Å². The standard InChI is InChI=1S/C12H11ClN2O4/c1-17-10-6(7-4-15-19-12(7)14)3-9(13)8(5-16)11(10)18-2/h3-5H,14H2,1-2H3. The van der Waals surface area contributed by atoms with Crippen LogP contribution in [0.2, 0.25) is 5.02 Å². The van der Waals surface area contributed by atoms with Crippen LogP contribution in [0.15, 0.2) is 16.8 Å². The first kappa shape index (κ1) is 13.2. The third kappa shape index (κ3) is 2.10. The highest BCUT2D eigenvalue weighted by Crippen LogP contribution is 2.44. The molecule has 0 saturated carbocycles. The predicted molar refractivity (Wildman–Crippen MR) is 69.9 cm³/mol. The molecule has 0 bridgehead atoms. The molecule has 1 aromatic carbocycles. The summed E-state index contributed by atoms with van der Waals surface area (Å²) >= 11 is 6.05. The normalized spacial score (nSPS) is 10.3. The maximum absolute atomic E-state index is 11.1. The van der Waals surface area contributed by atoms with Crippen molar-refractivity contribution in [1.29, 1.82) is 0 Å². The van der Waals surface area contributed by atoms with Crippen LogP contribution in [0.4, 0.5) is 5.88 Å². The first-order valence-corrected chi connectivity index (χ1v) is 5.62. The van der Waals surface area contributed by atoms with Gasteiger partial charge in [0.05, 0.1) is 36.6 Å². The topological polar surface area (TPSA) is 87.6 Å². The van der Waals surface area contributed by atoms with Crippen molar-refractivity contribution in [3.63, 3.8) is 0 Å². The third-order valence-corrected chi connectivity index (χ3v) is 2.95. The Balaban J connectivity index is 2.79. The molecule has 0 fully saturated rings. The van der Waals surface area contributed by atoms with Crippen LogP contribution in [0, 0.1) is 0 Å². The minimum Gasteiger partial charge on any atom is -0.492 e. The largest absolute Gasteiger partial charge is 0.492 e. The number of halogens is 1. The lowest BCUT2D eigenvalue weighted by molar-refractivity contribution is 0.112. The summed E-state index contributed by atoms with van der Waals surface area (Å²) in [6, 6.07) is 1.55. The van der Waals surface area contributed by atoms with E-state index in [1.54, 1.807) is 6.07 Å². The molecule has 1 heterocycles. The van der Waals surface area contributed by atoms with Crippen LogP contribution in [0.25, 0.3) is 11.1 Å². The molecule has 0 unspecified atom stereocenters. The second-order valence-corrected chi connectivity index (χ2v) is 4.01. The van der Waals surface area contributed by atoms with Crippen molar-refractivity contribution < 1.29 is 18.8 Å². The van der Waals surface area contributed by atoms with Crippen molar-refractivity contribution in [3.05, 3.63) is 22.8 Å². The summed E-state index contributed by atoms with van der Waals surface area (Å²) in [6.45, 7) is 0. The van der Waals surface area contributed by atoms with E-state index >= 15 is 0 Å². The Morgan fingerprint density at radius 1 is 1.32 bits per heavy atom. The van der Waals surface area contributed by atoms with Gasteiger partial charge in [-0.2, -0.15) is 0 Å². The van der Waals surface area contributed by atoms with Gasteiger partial charge < -0.3 is 19.7 Å². The highest BCUT2D eigenvalue weighted by Gasteiger charge is 2.22. The quantitative estimate of drug-likeness (QED) is 0.866. The number of methoxy groups -OCH3 is 2. The van der Waals surface area contributed by atoms with E-state index in [0.29, 0.717) is 23.2 Å². The summed E-state index contributed by atoms with van der Waals surface area (Å²) < 4.78 is 15.3. The van der Waals surface area contributed by atoms with E-state index in [-0.39, 0.29) is 22.2 Å². The van der Waals surface area contributed by atoms with Gasteiger partial charge in [-0.1, -0.05) is 16.8 Å². The number of hydrogen-bond acceptors (Lipinski definition) is 6. The maximum Gasteiger partial charge on any atom is 0.230 e. The smallest absolute Gasteiger partial charge is 0.230 e. The van der Waals surface area contributed by atoms with Gasteiger partial charge in [0, 0.05) is 5.56 Å². The minimum absolute atomic E-state index is 0.121. The summed E-state index contributed by atoms with van der Waals surface area (Å²) in [5.41, 5.74) is 6.92. The Morgan fingerprint density at radius 3 is 2.47 bits per heavy atom. The number of carbonyl (C=O) groups is 1. The average Bonchev–Trinajstić information content (AvgIpc) is 2.83. The lowest BCUT2D eigenvalue weighted by Crippen LogP contribution is -1.99. The minimum atomic E-state index is 0.121. The van der Waals surface area contributed by atoms with Gasteiger partial charge in [-0.25, -0.2) is 0 Å². The fourth-order valence-corrected chi connectivity index (χ4v) is 2.03. The van der Waals surface area contributed by atoms with Gasteiger partial charge in [-0.05, 0) is 6.07 Å². The van der Waals surface area contributed by atoms with Gasteiger partial charge in [-0.15, -0.1) is 0 Å². The number of aromatic nitrogens is 1. The molecule has 0 spiro atoms. The number of nitrogens with zero attached hydrogens (tertiary/aromatic N) is 1. The Kier molecular flexibility index (Phi) is 3.62. The van der Waals surface area contributed by atoms with Gasteiger partial charge in [0.2, 0.25) is 5.88 Å². The average molecular weight is 283 g/mol. The van der Waals surface area contributed by atoms with Crippen LogP contribution in [-0.4, -0.2) is 25.7 Å². The summed E-state index contributed by atoms with van der Waals surface area (Å²) in [6.07, 6.45) is 2.04. The van der Waals surface area contributed by atoms with Crippen molar-refractivity contribution in [2.45, 2.75) is 0 Å². The number of anilines is 1. The number of aldehydes is 1. The zero-order chi connectivity index (χ0) is 14.0. The van der Waals surface area contributed by atoms with E-state index in [0.717, 1.165) is 0 Å². The monoisotopic (exact) mass is 282 g/mol. The van der Waals surface area contributed by atoms with Crippen molar-refractivity contribution >= 4 is 23.8 Å². The van der Waals surface area contributed by atoms with Crippen LogP contribution >= 0.6 is 11.6 Å². The van der Waals surface area contributed by atoms with Crippen LogP contribution in [0.5, 0.6) is 11.5 Å². The lowest BCUT2D eigenvalue weighted by atomic mass is 10.0. The Labute approximate surface area is 114 Å². The molecule has 0 saturated heterocycles. The molecule has 1 aromatic heterocycles. The van der Waals surface area contributed by atoms with Gasteiger partial charge in [0.25, 0.3) is 0 Å². The summed E-state index contributed by atoms with van der Waals surface area (Å²) in [5, 5.41) is 3.82. The Hall–Kier alpha value is -2.21. The number of rotatable bonds is 4. The molecule has 0 amide bonds. The van der Waals surface area contributed by atoms with Crippen LogP contribution < -0.4 is 15.2 Å². The van der Waals surface area contributed by atoms with E-state index in [1.807, 2.05) is 0 Å². The van der Waals surface area contributed by atoms with Gasteiger partial charge in [0.1, 0.15) is 0 Å². The molecule has 0 atom stereocenters. The number of benzene rings is 1. The van der Waals surface area contributed by atoms with E-state index in [2.05, 4.69) is 5.16 Å². The molecular weight excluding hydrogens is 272 g/mol. The second-order valence-electron chi connectivity index (χ2n) is 3.61. The molecular formula is C12H11ClN2O4. The Bertz CT molecular complexity index is 624. The molecule has 2 rings (SSSR count). The van der Waals surface area contributed by atoms with Gasteiger partial charge >= 0.3 is 0 Å². The zero-order valence-electron chi connectivity index (χ0n) is 10.3. The number of nitrogen functional groups attached to an aromatic ring is 1. The van der Waals surface area contributed by atoms with Gasteiger partial charge in [-0.3, -0.25) is 4.79 Å². The summed E-state index contributed by atoms with van der Waals surface area (Å²) in [5.74, 6) is 0.694. The fraction of sp³-hybridized carbons (Fsp3) is 0.167. The molecule has 100 valence electrons. The SMILES string of the molecule is COc1c(-c2cnoc2N)cc(Cl)c(C=O)c1OC. The summed E-state index contributed by atoms with van der Waals surface area (Å²) in [4.78, 5) is 11.1.